The van der Waals surface area contributed by atoms with E-state index in [2.05, 4.69) is 9.73 Å². The Morgan fingerprint density at radius 3 is 2.73 bits per heavy atom. The second-order valence-electron chi connectivity index (χ2n) is 2.68. The van der Waals surface area contributed by atoms with Crippen molar-refractivity contribution in [1.29, 1.82) is 0 Å². The summed E-state index contributed by atoms with van der Waals surface area (Å²) >= 11 is 5.16. The minimum atomic E-state index is -4.55. The molecular formula is C8H7ClF3NO2. The average molecular weight is 242 g/mol. The van der Waals surface area contributed by atoms with Crippen molar-refractivity contribution in [2.24, 2.45) is 0 Å². The third-order valence-electron chi connectivity index (χ3n) is 1.60. The summed E-state index contributed by atoms with van der Waals surface area (Å²) < 4.78 is 41.1. The van der Waals surface area contributed by atoms with Crippen LogP contribution in [-0.4, -0.2) is 11.8 Å². The first-order valence-corrected chi connectivity index (χ1v) is 4.45. The van der Waals surface area contributed by atoms with Crippen LogP contribution in [-0.2, 0) is 17.5 Å². The number of amides is 1. The van der Waals surface area contributed by atoms with E-state index < -0.39 is 17.8 Å². The standard InChI is InChI=1S/C8H7ClF3NO2/c9-3-6(14)13-4-5-1-2-15-7(5)8(10,11)12/h1-2H,3-4H2,(H,13,14). The number of carbonyl (C=O) groups excluding carboxylic acids is 1. The molecular weight excluding hydrogens is 235 g/mol. The van der Waals surface area contributed by atoms with E-state index in [-0.39, 0.29) is 18.0 Å². The quantitative estimate of drug-likeness (QED) is 0.824. The number of nitrogens with one attached hydrogen (secondary N) is 1. The Morgan fingerprint density at radius 1 is 1.53 bits per heavy atom. The Morgan fingerprint density at radius 2 is 2.20 bits per heavy atom. The van der Waals surface area contributed by atoms with Crippen molar-refractivity contribution in [1.82, 2.24) is 5.32 Å². The minimum absolute atomic E-state index is 0.124. The highest BCUT2D eigenvalue weighted by atomic mass is 35.5. The third kappa shape index (κ3) is 3.16. The van der Waals surface area contributed by atoms with Gasteiger partial charge in [0.1, 0.15) is 5.88 Å². The van der Waals surface area contributed by atoms with E-state index in [9.17, 15) is 18.0 Å². The summed E-state index contributed by atoms with van der Waals surface area (Å²) in [5.74, 6) is -1.93. The Hall–Kier alpha value is -1.17. The van der Waals surface area contributed by atoms with Gasteiger partial charge in [0.2, 0.25) is 11.7 Å². The molecule has 0 aliphatic heterocycles. The Bertz CT molecular complexity index is 348. The molecule has 1 amide bonds. The SMILES string of the molecule is O=C(CCl)NCc1ccoc1C(F)(F)F. The first-order valence-electron chi connectivity index (χ1n) is 3.91. The molecule has 0 radical (unpaired) electrons. The van der Waals surface area contributed by atoms with Crippen LogP contribution in [0.15, 0.2) is 16.7 Å². The predicted molar refractivity (Wildman–Crippen MR) is 46.3 cm³/mol. The molecule has 15 heavy (non-hydrogen) atoms. The lowest BCUT2D eigenvalue weighted by Gasteiger charge is -2.06. The predicted octanol–water partition coefficient (Wildman–Crippen LogP) is 2.15. The largest absolute Gasteiger partial charge is 0.459 e. The smallest absolute Gasteiger partial charge is 0.449 e. The van der Waals surface area contributed by atoms with Gasteiger partial charge in [0.05, 0.1) is 6.26 Å². The van der Waals surface area contributed by atoms with Crippen molar-refractivity contribution in [3.63, 3.8) is 0 Å². The first kappa shape index (κ1) is 11.9. The first-order chi connectivity index (χ1) is 6.95. The number of alkyl halides is 4. The molecule has 84 valence electrons. The van der Waals surface area contributed by atoms with Gasteiger partial charge in [0.25, 0.3) is 0 Å². The number of rotatable bonds is 3. The van der Waals surface area contributed by atoms with Gasteiger partial charge in [-0.05, 0) is 6.07 Å². The zero-order valence-electron chi connectivity index (χ0n) is 7.40. The summed E-state index contributed by atoms with van der Waals surface area (Å²) in [5.41, 5.74) is -0.124. The second-order valence-corrected chi connectivity index (χ2v) is 2.95. The van der Waals surface area contributed by atoms with Gasteiger partial charge in [-0.3, -0.25) is 4.79 Å². The molecule has 1 heterocycles. The number of carbonyl (C=O) groups is 1. The normalized spacial score (nSPS) is 11.5. The van der Waals surface area contributed by atoms with Gasteiger partial charge in [0, 0.05) is 12.1 Å². The van der Waals surface area contributed by atoms with Crippen LogP contribution in [0.3, 0.4) is 0 Å². The number of halogens is 4. The van der Waals surface area contributed by atoms with Gasteiger partial charge in [-0.1, -0.05) is 0 Å². The molecule has 1 aromatic heterocycles. The lowest BCUT2D eigenvalue weighted by molar-refractivity contribution is -0.153. The van der Waals surface area contributed by atoms with Gasteiger partial charge in [0.15, 0.2) is 0 Å². The van der Waals surface area contributed by atoms with E-state index >= 15 is 0 Å². The Balaban J connectivity index is 2.70. The van der Waals surface area contributed by atoms with Crippen molar-refractivity contribution < 1.29 is 22.4 Å². The fourth-order valence-electron chi connectivity index (χ4n) is 0.965. The van der Waals surface area contributed by atoms with Gasteiger partial charge in [-0.15, -0.1) is 11.6 Å². The fourth-order valence-corrected chi connectivity index (χ4v) is 1.06. The molecule has 0 unspecified atom stereocenters. The molecule has 1 N–H and O–H groups in total. The maximum absolute atomic E-state index is 12.3. The topological polar surface area (TPSA) is 42.2 Å². The van der Waals surface area contributed by atoms with Crippen molar-refractivity contribution in [2.75, 3.05) is 5.88 Å². The van der Waals surface area contributed by atoms with Gasteiger partial charge in [-0.2, -0.15) is 13.2 Å². The molecule has 0 saturated carbocycles. The fraction of sp³-hybridized carbons (Fsp3) is 0.375. The van der Waals surface area contributed by atoms with E-state index in [1.165, 1.54) is 0 Å². The van der Waals surface area contributed by atoms with E-state index in [1.54, 1.807) is 0 Å². The van der Waals surface area contributed by atoms with Crippen LogP contribution in [0.2, 0.25) is 0 Å². The zero-order chi connectivity index (χ0) is 11.5. The van der Waals surface area contributed by atoms with Crippen molar-refractivity contribution in [3.8, 4) is 0 Å². The number of furan rings is 1. The van der Waals surface area contributed by atoms with Gasteiger partial charge >= 0.3 is 6.18 Å². The van der Waals surface area contributed by atoms with Crippen molar-refractivity contribution in [3.05, 3.63) is 23.7 Å². The van der Waals surface area contributed by atoms with Gasteiger partial charge < -0.3 is 9.73 Å². The summed E-state index contributed by atoms with van der Waals surface area (Å²) in [5, 5.41) is 2.22. The molecule has 0 aliphatic carbocycles. The van der Waals surface area contributed by atoms with Gasteiger partial charge in [-0.25, -0.2) is 0 Å². The van der Waals surface area contributed by atoms with E-state index in [4.69, 9.17) is 11.6 Å². The van der Waals surface area contributed by atoms with Crippen LogP contribution < -0.4 is 5.32 Å². The van der Waals surface area contributed by atoms with E-state index in [0.717, 1.165) is 12.3 Å². The molecule has 0 atom stereocenters. The highest BCUT2D eigenvalue weighted by molar-refractivity contribution is 6.27. The van der Waals surface area contributed by atoms with Crippen LogP contribution in [0.5, 0.6) is 0 Å². The Kier molecular flexibility index (Phi) is 3.62. The monoisotopic (exact) mass is 241 g/mol. The van der Waals surface area contributed by atoms with Crippen molar-refractivity contribution >= 4 is 17.5 Å². The lowest BCUT2D eigenvalue weighted by atomic mass is 10.2. The summed E-state index contributed by atoms with van der Waals surface area (Å²) in [7, 11) is 0. The van der Waals surface area contributed by atoms with Crippen LogP contribution in [0.25, 0.3) is 0 Å². The number of hydrogen-bond donors (Lipinski definition) is 1. The molecule has 0 fully saturated rings. The molecule has 1 aromatic rings. The van der Waals surface area contributed by atoms with Crippen molar-refractivity contribution in [2.45, 2.75) is 12.7 Å². The number of hydrogen-bond acceptors (Lipinski definition) is 2. The molecule has 0 aromatic carbocycles. The molecule has 3 nitrogen and oxygen atoms in total. The summed E-state index contributed by atoms with van der Waals surface area (Å²) in [6.07, 6.45) is -3.63. The second kappa shape index (κ2) is 4.57. The van der Waals surface area contributed by atoms with Crippen LogP contribution >= 0.6 is 11.6 Å². The van der Waals surface area contributed by atoms with E-state index in [1.807, 2.05) is 0 Å². The van der Waals surface area contributed by atoms with Crippen LogP contribution in [0.1, 0.15) is 11.3 Å². The third-order valence-corrected chi connectivity index (χ3v) is 1.84. The lowest BCUT2D eigenvalue weighted by Crippen LogP contribution is -2.24. The maximum Gasteiger partial charge on any atom is 0.449 e. The molecule has 0 aliphatic rings. The maximum atomic E-state index is 12.3. The van der Waals surface area contributed by atoms with E-state index in [0.29, 0.717) is 0 Å². The van der Waals surface area contributed by atoms with Crippen LogP contribution in [0.4, 0.5) is 13.2 Å². The molecule has 0 saturated heterocycles. The zero-order valence-corrected chi connectivity index (χ0v) is 8.15. The summed E-state index contributed by atoms with van der Waals surface area (Å²) in [6, 6.07) is 1.15. The molecule has 0 bridgehead atoms. The average Bonchev–Trinajstić information content (AvgIpc) is 2.61. The summed E-state index contributed by atoms with van der Waals surface area (Å²) in [4.78, 5) is 10.7. The minimum Gasteiger partial charge on any atom is -0.459 e. The highest BCUT2D eigenvalue weighted by Crippen LogP contribution is 2.32. The molecule has 1 rings (SSSR count). The highest BCUT2D eigenvalue weighted by Gasteiger charge is 2.37. The van der Waals surface area contributed by atoms with Crippen LogP contribution in [0, 0.1) is 0 Å². The Labute approximate surface area is 88.2 Å². The molecule has 0 spiro atoms. The molecule has 7 heteroatoms. The summed E-state index contributed by atoms with van der Waals surface area (Å²) in [6.45, 7) is -0.253.